The van der Waals surface area contributed by atoms with Gasteiger partial charge in [-0.25, -0.2) is 0 Å². The lowest BCUT2D eigenvalue weighted by Gasteiger charge is -2.01. The van der Waals surface area contributed by atoms with Crippen molar-refractivity contribution in [3.63, 3.8) is 0 Å². The predicted molar refractivity (Wildman–Crippen MR) is 38.5 cm³/mol. The van der Waals surface area contributed by atoms with Gasteiger partial charge in [0.1, 0.15) is 10.8 Å². The molecule has 0 heterocycles. The second kappa shape index (κ2) is 2.77. The van der Waals surface area contributed by atoms with Gasteiger partial charge in [-0.1, -0.05) is 17.7 Å². The van der Waals surface area contributed by atoms with E-state index in [2.05, 4.69) is 0 Å². The van der Waals surface area contributed by atoms with E-state index in [1.165, 1.54) is 6.07 Å². The molecule has 54 valence electrons. The zero-order valence-corrected chi connectivity index (χ0v) is 5.76. The largest absolute Gasteiger partial charge is 0.506 e. The number of halogens is 1. The Kier molecular flexibility index (Phi) is 1.99. The summed E-state index contributed by atoms with van der Waals surface area (Å²) in [4.78, 5) is 0. The number of aromatic hydroxyl groups is 1. The first-order valence-corrected chi connectivity index (χ1v) is 3.01. The van der Waals surface area contributed by atoms with Gasteiger partial charge in [-0.05, 0) is 12.1 Å². The van der Waals surface area contributed by atoms with Crippen LogP contribution >= 0.6 is 11.6 Å². The lowest BCUT2D eigenvalue weighted by Crippen LogP contribution is -1.88. The van der Waals surface area contributed by atoms with Gasteiger partial charge in [0.15, 0.2) is 0 Å². The van der Waals surface area contributed by atoms with E-state index in [1.807, 2.05) is 5.48 Å². The lowest BCUT2D eigenvalue weighted by atomic mass is 10.3. The quantitative estimate of drug-likeness (QED) is 0.548. The number of phenols is 1. The van der Waals surface area contributed by atoms with Crippen LogP contribution in [-0.4, -0.2) is 10.3 Å². The third-order valence-corrected chi connectivity index (χ3v) is 1.50. The van der Waals surface area contributed by atoms with Crippen LogP contribution in [0.1, 0.15) is 0 Å². The number of rotatable bonds is 1. The van der Waals surface area contributed by atoms with E-state index in [0.29, 0.717) is 5.69 Å². The average molecular weight is 160 g/mol. The molecule has 0 unspecified atom stereocenters. The highest BCUT2D eigenvalue weighted by Gasteiger charge is 2.01. The van der Waals surface area contributed by atoms with Crippen molar-refractivity contribution in [1.82, 2.24) is 0 Å². The molecule has 0 aliphatic carbocycles. The molecule has 0 atom stereocenters. The minimum absolute atomic E-state index is 0.0549. The molecule has 0 bridgehead atoms. The first kappa shape index (κ1) is 7.18. The Morgan fingerprint density at radius 1 is 1.40 bits per heavy atom. The van der Waals surface area contributed by atoms with Gasteiger partial charge in [0.05, 0.1) is 5.69 Å². The van der Waals surface area contributed by atoms with Gasteiger partial charge in [0.2, 0.25) is 0 Å². The first-order valence-electron chi connectivity index (χ1n) is 2.63. The van der Waals surface area contributed by atoms with Crippen LogP contribution in [0.15, 0.2) is 18.2 Å². The molecule has 3 N–H and O–H groups in total. The monoisotopic (exact) mass is 159 g/mol. The number of anilines is 1. The molecule has 0 amide bonds. The Labute approximate surface area is 62.8 Å². The maximum absolute atomic E-state index is 8.95. The van der Waals surface area contributed by atoms with E-state index >= 15 is 0 Å². The molecule has 0 saturated heterocycles. The van der Waals surface area contributed by atoms with Crippen LogP contribution < -0.4 is 5.48 Å². The summed E-state index contributed by atoms with van der Waals surface area (Å²) in [7, 11) is 0. The zero-order valence-electron chi connectivity index (χ0n) is 5.00. The highest BCUT2D eigenvalue weighted by atomic mass is 35.5. The molecular formula is C6H6ClNO2. The van der Waals surface area contributed by atoms with Crippen LogP contribution in [0.5, 0.6) is 5.75 Å². The average Bonchev–Trinajstić information content (AvgIpc) is 1.95. The summed E-state index contributed by atoms with van der Waals surface area (Å²) >= 11 is 5.52. The van der Waals surface area contributed by atoms with E-state index < -0.39 is 0 Å². The molecular weight excluding hydrogens is 154 g/mol. The molecule has 1 aromatic rings. The van der Waals surface area contributed by atoms with Gasteiger partial charge in [-0.2, -0.15) is 0 Å². The molecule has 1 rings (SSSR count). The van der Waals surface area contributed by atoms with Crippen LogP contribution in [-0.2, 0) is 0 Å². The summed E-state index contributed by atoms with van der Waals surface area (Å²) in [5, 5.41) is 17.5. The van der Waals surface area contributed by atoms with Crippen LogP contribution in [0.25, 0.3) is 0 Å². The SMILES string of the molecule is ONc1cccc(O)c1Cl. The number of benzene rings is 1. The van der Waals surface area contributed by atoms with Crippen molar-refractivity contribution < 1.29 is 10.3 Å². The van der Waals surface area contributed by atoms with E-state index in [1.54, 1.807) is 12.1 Å². The maximum Gasteiger partial charge on any atom is 0.136 e. The third kappa shape index (κ3) is 1.15. The normalized spacial score (nSPS) is 9.40. The Morgan fingerprint density at radius 2 is 2.10 bits per heavy atom. The van der Waals surface area contributed by atoms with Crippen molar-refractivity contribution >= 4 is 17.3 Å². The summed E-state index contributed by atoms with van der Waals surface area (Å²) in [6, 6.07) is 4.55. The molecule has 0 aromatic heterocycles. The Bertz CT molecular complexity index is 239. The Hall–Kier alpha value is -0.930. The molecule has 0 saturated carbocycles. The van der Waals surface area contributed by atoms with Gasteiger partial charge in [0, 0.05) is 0 Å². The number of hydrogen-bond acceptors (Lipinski definition) is 3. The second-order valence-corrected chi connectivity index (χ2v) is 2.13. The standard InChI is InChI=1S/C6H6ClNO2/c7-6-4(8-10)2-1-3-5(6)9/h1-3,8-10H. The van der Waals surface area contributed by atoms with Crippen molar-refractivity contribution in [1.29, 1.82) is 0 Å². The molecule has 0 radical (unpaired) electrons. The maximum atomic E-state index is 8.95. The Balaban J connectivity index is 3.14. The van der Waals surface area contributed by atoms with Crippen LogP contribution in [0, 0.1) is 0 Å². The fourth-order valence-corrected chi connectivity index (χ4v) is 0.774. The molecule has 4 heteroatoms. The third-order valence-electron chi connectivity index (χ3n) is 1.10. The van der Waals surface area contributed by atoms with Crippen LogP contribution in [0.4, 0.5) is 5.69 Å². The fourth-order valence-electron chi connectivity index (χ4n) is 0.606. The van der Waals surface area contributed by atoms with Crippen molar-refractivity contribution in [2.75, 3.05) is 5.48 Å². The van der Waals surface area contributed by atoms with Crippen molar-refractivity contribution in [2.45, 2.75) is 0 Å². The topological polar surface area (TPSA) is 52.5 Å². The molecule has 0 aliphatic rings. The molecule has 0 aliphatic heterocycles. The van der Waals surface area contributed by atoms with Gasteiger partial charge < -0.3 is 5.11 Å². The number of phenolic OH excluding ortho intramolecular Hbond substituents is 1. The minimum Gasteiger partial charge on any atom is -0.506 e. The summed E-state index contributed by atoms with van der Waals surface area (Å²) in [5.74, 6) is -0.0549. The van der Waals surface area contributed by atoms with Crippen molar-refractivity contribution in [3.05, 3.63) is 23.2 Å². The molecule has 0 spiro atoms. The van der Waals surface area contributed by atoms with E-state index in [-0.39, 0.29) is 10.8 Å². The number of hydrogen-bond donors (Lipinski definition) is 3. The van der Waals surface area contributed by atoms with Gasteiger partial charge in [-0.3, -0.25) is 10.7 Å². The minimum atomic E-state index is -0.0549. The summed E-state index contributed by atoms with van der Waals surface area (Å²) in [6.07, 6.45) is 0. The Morgan fingerprint density at radius 3 is 2.60 bits per heavy atom. The number of nitrogens with one attached hydrogen (secondary N) is 1. The fraction of sp³-hybridized carbons (Fsp3) is 0. The summed E-state index contributed by atoms with van der Waals surface area (Å²) in [6.45, 7) is 0. The highest BCUT2D eigenvalue weighted by molar-refractivity contribution is 6.34. The van der Waals surface area contributed by atoms with Gasteiger partial charge >= 0.3 is 0 Å². The predicted octanol–water partition coefficient (Wildman–Crippen LogP) is 1.85. The zero-order chi connectivity index (χ0) is 7.56. The first-order chi connectivity index (χ1) is 4.75. The van der Waals surface area contributed by atoms with E-state index in [9.17, 15) is 0 Å². The van der Waals surface area contributed by atoms with Crippen molar-refractivity contribution in [3.8, 4) is 5.75 Å². The van der Waals surface area contributed by atoms with E-state index in [4.69, 9.17) is 21.9 Å². The van der Waals surface area contributed by atoms with E-state index in [0.717, 1.165) is 0 Å². The van der Waals surface area contributed by atoms with Gasteiger partial charge in [0.25, 0.3) is 0 Å². The highest BCUT2D eigenvalue weighted by Crippen LogP contribution is 2.29. The molecule has 1 aromatic carbocycles. The van der Waals surface area contributed by atoms with Gasteiger partial charge in [-0.15, -0.1) is 0 Å². The smallest absolute Gasteiger partial charge is 0.136 e. The molecule has 0 fully saturated rings. The molecule has 10 heavy (non-hydrogen) atoms. The van der Waals surface area contributed by atoms with Crippen LogP contribution in [0.2, 0.25) is 5.02 Å². The lowest BCUT2D eigenvalue weighted by molar-refractivity contribution is 0.388. The molecule has 3 nitrogen and oxygen atoms in total. The summed E-state index contributed by atoms with van der Waals surface area (Å²) in [5.41, 5.74) is 2.14. The van der Waals surface area contributed by atoms with Crippen LogP contribution in [0.3, 0.4) is 0 Å². The second-order valence-electron chi connectivity index (χ2n) is 1.75. The van der Waals surface area contributed by atoms with Crippen molar-refractivity contribution in [2.24, 2.45) is 0 Å². The summed E-state index contributed by atoms with van der Waals surface area (Å²) < 4.78 is 0.